The van der Waals surface area contributed by atoms with Gasteiger partial charge in [0, 0.05) is 17.9 Å². The molecular formula is C11H11N3O2S2. The molecule has 5 nitrogen and oxygen atoms in total. The summed E-state index contributed by atoms with van der Waals surface area (Å²) in [5.74, 6) is 0. The van der Waals surface area contributed by atoms with E-state index in [0.717, 1.165) is 35.6 Å². The number of hydrogen-bond donors (Lipinski definition) is 2. The first kappa shape index (κ1) is 11.5. The number of benzene rings is 1. The maximum Gasteiger partial charge on any atom is 0.273 e. The third kappa shape index (κ3) is 2.06. The third-order valence-corrected chi connectivity index (χ3v) is 5.39. The van der Waals surface area contributed by atoms with Crippen molar-refractivity contribution < 1.29 is 8.42 Å². The Morgan fingerprint density at radius 2 is 2.28 bits per heavy atom. The molecule has 0 fully saturated rings. The van der Waals surface area contributed by atoms with Gasteiger partial charge in [-0.25, -0.2) is 8.42 Å². The fourth-order valence-electron chi connectivity index (χ4n) is 1.91. The van der Waals surface area contributed by atoms with Crippen LogP contribution in [0.25, 0.3) is 0 Å². The topological polar surface area (TPSA) is 71.1 Å². The molecule has 2 heterocycles. The molecule has 2 aromatic rings. The molecule has 18 heavy (non-hydrogen) atoms. The molecule has 0 atom stereocenters. The Morgan fingerprint density at radius 1 is 1.39 bits per heavy atom. The van der Waals surface area contributed by atoms with Gasteiger partial charge in [0.25, 0.3) is 10.0 Å². The van der Waals surface area contributed by atoms with Crippen LogP contribution >= 0.6 is 11.3 Å². The molecule has 94 valence electrons. The zero-order chi connectivity index (χ0) is 12.6. The number of thiazole rings is 1. The predicted octanol–water partition coefficient (Wildman–Crippen LogP) is 1.91. The number of hydrogen-bond acceptors (Lipinski definition) is 5. The van der Waals surface area contributed by atoms with Gasteiger partial charge >= 0.3 is 0 Å². The zero-order valence-corrected chi connectivity index (χ0v) is 11.0. The van der Waals surface area contributed by atoms with E-state index >= 15 is 0 Å². The molecule has 0 saturated carbocycles. The van der Waals surface area contributed by atoms with Crippen LogP contribution in [0.15, 0.2) is 34.1 Å². The minimum Gasteiger partial charge on any atom is -0.384 e. The molecule has 1 aliphatic heterocycles. The summed E-state index contributed by atoms with van der Waals surface area (Å²) in [4.78, 5) is 3.78. The van der Waals surface area contributed by atoms with Crippen LogP contribution in [0.3, 0.4) is 0 Å². The highest BCUT2D eigenvalue weighted by molar-refractivity contribution is 7.94. The maximum absolute atomic E-state index is 12.0. The maximum atomic E-state index is 12.0. The van der Waals surface area contributed by atoms with Crippen LogP contribution in [0, 0.1) is 0 Å². The van der Waals surface area contributed by atoms with Crippen molar-refractivity contribution in [3.63, 3.8) is 0 Å². The van der Waals surface area contributed by atoms with E-state index in [4.69, 9.17) is 0 Å². The van der Waals surface area contributed by atoms with Crippen LogP contribution in [0.2, 0.25) is 0 Å². The minimum absolute atomic E-state index is 0.223. The molecule has 1 aromatic heterocycles. The average Bonchev–Trinajstić information content (AvgIpc) is 2.99. The number of nitrogens with one attached hydrogen (secondary N) is 2. The van der Waals surface area contributed by atoms with E-state index in [1.54, 1.807) is 6.07 Å². The van der Waals surface area contributed by atoms with Crippen molar-refractivity contribution in [2.45, 2.75) is 10.6 Å². The lowest BCUT2D eigenvalue weighted by molar-refractivity contribution is 0.603. The van der Waals surface area contributed by atoms with Gasteiger partial charge in [0.15, 0.2) is 4.21 Å². The summed E-state index contributed by atoms with van der Waals surface area (Å²) in [6.07, 6.45) is 2.27. The van der Waals surface area contributed by atoms with E-state index in [-0.39, 0.29) is 4.21 Å². The van der Waals surface area contributed by atoms with E-state index in [1.165, 1.54) is 11.7 Å². The Bertz CT molecular complexity index is 666. The monoisotopic (exact) mass is 281 g/mol. The first-order valence-corrected chi connectivity index (χ1v) is 7.79. The Hall–Kier alpha value is -1.60. The molecule has 3 rings (SSSR count). The standard InChI is InChI=1S/C11H11N3O2S2/c15-18(16,11-6-12-7-17-11)14-9-1-2-10-8(5-9)3-4-13-10/h1-2,5-7,13-14H,3-4H2. The Balaban J connectivity index is 1.89. The average molecular weight is 281 g/mol. The summed E-state index contributed by atoms with van der Waals surface area (Å²) < 4.78 is 26.8. The van der Waals surface area contributed by atoms with Gasteiger partial charge in [-0.2, -0.15) is 0 Å². The lowest BCUT2D eigenvalue weighted by Crippen LogP contribution is -2.11. The fraction of sp³-hybridized carbons (Fsp3) is 0.182. The van der Waals surface area contributed by atoms with E-state index in [1.807, 2.05) is 12.1 Å². The highest BCUT2D eigenvalue weighted by Gasteiger charge is 2.17. The van der Waals surface area contributed by atoms with Gasteiger partial charge in [-0.05, 0) is 30.2 Å². The highest BCUT2D eigenvalue weighted by Crippen LogP contribution is 2.27. The molecular weight excluding hydrogens is 270 g/mol. The van der Waals surface area contributed by atoms with Gasteiger partial charge in [-0.1, -0.05) is 0 Å². The smallest absolute Gasteiger partial charge is 0.273 e. The second-order valence-electron chi connectivity index (χ2n) is 3.97. The Kier molecular flexibility index (Phi) is 2.71. The number of nitrogens with zero attached hydrogens (tertiary/aromatic N) is 1. The van der Waals surface area contributed by atoms with Gasteiger partial charge < -0.3 is 5.32 Å². The van der Waals surface area contributed by atoms with Gasteiger partial charge in [0.05, 0.1) is 11.7 Å². The Labute approximate surface area is 109 Å². The van der Waals surface area contributed by atoms with Crippen LogP contribution in [0.1, 0.15) is 5.56 Å². The number of aromatic nitrogens is 1. The van der Waals surface area contributed by atoms with Crippen molar-refractivity contribution in [2.24, 2.45) is 0 Å². The van der Waals surface area contributed by atoms with Crippen LogP contribution in [-0.4, -0.2) is 19.9 Å². The molecule has 7 heteroatoms. The molecule has 0 radical (unpaired) electrons. The van der Waals surface area contributed by atoms with E-state index in [2.05, 4.69) is 15.0 Å². The van der Waals surface area contributed by atoms with Crippen molar-refractivity contribution >= 4 is 32.7 Å². The molecule has 1 aromatic carbocycles. The van der Waals surface area contributed by atoms with Crippen molar-refractivity contribution in [1.29, 1.82) is 0 Å². The van der Waals surface area contributed by atoms with Crippen LogP contribution < -0.4 is 10.0 Å². The van der Waals surface area contributed by atoms with E-state index in [0.29, 0.717) is 5.69 Å². The number of rotatable bonds is 3. The van der Waals surface area contributed by atoms with Crippen LogP contribution in [0.5, 0.6) is 0 Å². The lowest BCUT2D eigenvalue weighted by Gasteiger charge is -2.07. The molecule has 0 unspecified atom stereocenters. The molecule has 1 aliphatic rings. The lowest BCUT2D eigenvalue weighted by atomic mass is 10.1. The van der Waals surface area contributed by atoms with E-state index < -0.39 is 10.0 Å². The highest BCUT2D eigenvalue weighted by atomic mass is 32.2. The zero-order valence-electron chi connectivity index (χ0n) is 9.38. The van der Waals surface area contributed by atoms with Gasteiger partial charge in [-0.15, -0.1) is 11.3 Å². The molecule has 0 bridgehead atoms. The summed E-state index contributed by atoms with van der Waals surface area (Å²) in [6, 6.07) is 5.52. The molecule has 0 aliphatic carbocycles. The molecule has 0 saturated heterocycles. The normalized spacial score (nSPS) is 14.0. The largest absolute Gasteiger partial charge is 0.384 e. The third-order valence-electron chi connectivity index (χ3n) is 2.74. The Morgan fingerprint density at radius 3 is 3.06 bits per heavy atom. The summed E-state index contributed by atoms with van der Waals surface area (Å²) >= 11 is 1.10. The van der Waals surface area contributed by atoms with Gasteiger partial charge in [0.2, 0.25) is 0 Å². The summed E-state index contributed by atoms with van der Waals surface area (Å²) in [5, 5.41) is 3.23. The fourth-order valence-corrected chi connectivity index (χ4v) is 3.76. The number of fused-ring (bicyclic) bond motifs is 1. The summed E-state index contributed by atoms with van der Waals surface area (Å²) in [5.41, 5.74) is 4.31. The van der Waals surface area contributed by atoms with Gasteiger partial charge in [-0.3, -0.25) is 9.71 Å². The summed E-state index contributed by atoms with van der Waals surface area (Å²) in [7, 11) is -3.50. The SMILES string of the molecule is O=S(=O)(Nc1ccc2c(c1)CCN2)c1cncs1. The first-order valence-electron chi connectivity index (χ1n) is 5.43. The van der Waals surface area contributed by atoms with Crippen molar-refractivity contribution in [2.75, 3.05) is 16.6 Å². The van der Waals surface area contributed by atoms with Crippen LogP contribution in [-0.2, 0) is 16.4 Å². The van der Waals surface area contributed by atoms with Crippen molar-refractivity contribution in [1.82, 2.24) is 4.98 Å². The van der Waals surface area contributed by atoms with Crippen LogP contribution in [0.4, 0.5) is 11.4 Å². The predicted molar refractivity (Wildman–Crippen MR) is 71.6 cm³/mol. The molecule has 2 N–H and O–H groups in total. The van der Waals surface area contributed by atoms with Crippen molar-refractivity contribution in [3.8, 4) is 0 Å². The minimum atomic E-state index is -3.50. The second kappa shape index (κ2) is 4.25. The number of anilines is 2. The second-order valence-corrected chi connectivity index (χ2v) is 6.77. The summed E-state index contributed by atoms with van der Waals surface area (Å²) in [6.45, 7) is 0.903. The number of sulfonamides is 1. The van der Waals surface area contributed by atoms with Gasteiger partial charge in [0.1, 0.15) is 0 Å². The van der Waals surface area contributed by atoms with Crippen molar-refractivity contribution in [3.05, 3.63) is 35.5 Å². The van der Waals surface area contributed by atoms with E-state index in [9.17, 15) is 8.42 Å². The quantitative estimate of drug-likeness (QED) is 0.901. The first-order chi connectivity index (χ1) is 8.65. The molecule has 0 spiro atoms. The molecule has 0 amide bonds.